The van der Waals surface area contributed by atoms with Crippen LogP contribution in [0.15, 0.2) is 35.6 Å². The van der Waals surface area contributed by atoms with Crippen LogP contribution in [0.1, 0.15) is 5.56 Å². The van der Waals surface area contributed by atoms with Crippen LogP contribution >= 0.6 is 12.2 Å². The Morgan fingerprint density at radius 1 is 1.35 bits per heavy atom. The highest BCUT2D eigenvalue weighted by Crippen LogP contribution is 2.15. The molecule has 7 heteroatoms. The van der Waals surface area contributed by atoms with Crippen LogP contribution in [0, 0.1) is 0 Å². The monoisotopic (exact) mass is 331 g/mol. The molecule has 3 N–H and O–H groups in total. The molecule has 0 aliphatic carbocycles. The zero-order chi connectivity index (χ0) is 15.9. The molecule has 2 heterocycles. The molecule has 1 aromatic heterocycles. The minimum Gasteiger partial charge on any atom is -0.379 e. The molecule has 0 bridgehead atoms. The number of nitrogens with one attached hydrogen (secondary N) is 3. The topological polar surface area (TPSA) is 64.7 Å². The van der Waals surface area contributed by atoms with Crippen LogP contribution in [0.4, 0.5) is 0 Å². The average Bonchev–Trinajstić information content (AvgIpc) is 2.99. The van der Waals surface area contributed by atoms with Crippen molar-refractivity contribution in [3.05, 3.63) is 36.0 Å². The van der Waals surface area contributed by atoms with Gasteiger partial charge in [-0.1, -0.05) is 18.2 Å². The number of hydrogen-bond acceptors (Lipinski definition) is 4. The summed E-state index contributed by atoms with van der Waals surface area (Å²) in [5, 5.41) is 9.04. The zero-order valence-corrected chi connectivity index (χ0v) is 13.7. The van der Waals surface area contributed by atoms with Gasteiger partial charge in [-0.15, -0.1) is 0 Å². The Hall–Kier alpha value is -1.96. The molecule has 1 fully saturated rings. The van der Waals surface area contributed by atoms with Crippen molar-refractivity contribution in [1.82, 2.24) is 20.6 Å². The van der Waals surface area contributed by atoms with Crippen molar-refractivity contribution >= 4 is 34.4 Å². The van der Waals surface area contributed by atoms with Gasteiger partial charge in [0, 0.05) is 48.8 Å². The van der Waals surface area contributed by atoms with Crippen LogP contribution in [-0.4, -0.2) is 60.6 Å². The van der Waals surface area contributed by atoms with Crippen molar-refractivity contribution in [3.8, 4) is 0 Å². The predicted octanol–water partition coefficient (Wildman–Crippen LogP) is 1.30. The number of aromatic nitrogens is 1. The number of hydrazone groups is 1. The lowest BCUT2D eigenvalue weighted by molar-refractivity contribution is 0.0389. The second kappa shape index (κ2) is 8.05. The number of para-hydroxylation sites is 1. The van der Waals surface area contributed by atoms with Gasteiger partial charge in [-0.3, -0.25) is 10.3 Å². The van der Waals surface area contributed by atoms with E-state index in [1.807, 2.05) is 24.4 Å². The highest BCUT2D eigenvalue weighted by molar-refractivity contribution is 7.80. The maximum Gasteiger partial charge on any atom is 0.187 e. The fraction of sp³-hybridized carbons (Fsp3) is 0.375. The summed E-state index contributed by atoms with van der Waals surface area (Å²) >= 11 is 5.22. The maximum absolute atomic E-state index is 5.32. The Bertz CT molecular complexity index is 678. The summed E-state index contributed by atoms with van der Waals surface area (Å²) in [5.41, 5.74) is 4.99. The lowest BCUT2D eigenvalue weighted by atomic mass is 10.2. The summed E-state index contributed by atoms with van der Waals surface area (Å²) in [6, 6.07) is 8.12. The molecule has 1 aromatic carbocycles. The van der Waals surface area contributed by atoms with Crippen LogP contribution in [0.2, 0.25) is 0 Å². The van der Waals surface area contributed by atoms with Gasteiger partial charge in [-0.25, -0.2) is 0 Å². The van der Waals surface area contributed by atoms with Crippen LogP contribution in [0.3, 0.4) is 0 Å². The third kappa shape index (κ3) is 4.51. The number of fused-ring (bicyclic) bond motifs is 1. The fourth-order valence-corrected chi connectivity index (χ4v) is 2.71. The number of aromatic amines is 1. The highest BCUT2D eigenvalue weighted by Gasteiger charge is 2.09. The molecule has 122 valence electrons. The Kier molecular flexibility index (Phi) is 5.57. The first kappa shape index (κ1) is 15.9. The number of thiocarbonyl (C=S) groups is 1. The fourth-order valence-electron chi connectivity index (χ4n) is 2.55. The Morgan fingerprint density at radius 3 is 3.04 bits per heavy atom. The largest absolute Gasteiger partial charge is 0.379 e. The maximum atomic E-state index is 5.32. The van der Waals surface area contributed by atoms with Crippen molar-refractivity contribution < 1.29 is 4.74 Å². The molecular formula is C16H21N5OS. The third-order valence-electron chi connectivity index (χ3n) is 3.81. The van der Waals surface area contributed by atoms with E-state index in [1.165, 1.54) is 0 Å². The molecule has 0 radical (unpaired) electrons. The summed E-state index contributed by atoms with van der Waals surface area (Å²) in [6.45, 7) is 5.36. The van der Waals surface area contributed by atoms with E-state index in [9.17, 15) is 0 Å². The molecule has 0 saturated carbocycles. The van der Waals surface area contributed by atoms with Crippen molar-refractivity contribution in [2.45, 2.75) is 0 Å². The molecular weight excluding hydrogens is 310 g/mol. The normalized spacial score (nSPS) is 16.0. The van der Waals surface area contributed by atoms with Crippen LogP contribution < -0.4 is 10.7 Å². The van der Waals surface area contributed by atoms with E-state index in [0.717, 1.165) is 55.9 Å². The van der Waals surface area contributed by atoms with Gasteiger partial charge in [0.15, 0.2) is 5.11 Å². The minimum absolute atomic E-state index is 0.536. The van der Waals surface area contributed by atoms with E-state index in [-0.39, 0.29) is 0 Å². The number of morpholine rings is 1. The number of ether oxygens (including phenoxy) is 1. The zero-order valence-electron chi connectivity index (χ0n) is 12.9. The van der Waals surface area contributed by atoms with Gasteiger partial charge >= 0.3 is 0 Å². The molecule has 0 amide bonds. The first-order valence-electron chi connectivity index (χ1n) is 7.76. The van der Waals surface area contributed by atoms with E-state index < -0.39 is 0 Å². The molecule has 1 saturated heterocycles. The first-order chi connectivity index (χ1) is 11.3. The van der Waals surface area contributed by atoms with E-state index >= 15 is 0 Å². The van der Waals surface area contributed by atoms with Gasteiger partial charge in [0.2, 0.25) is 0 Å². The summed E-state index contributed by atoms with van der Waals surface area (Å²) in [6.07, 6.45) is 3.71. The smallest absolute Gasteiger partial charge is 0.187 e. The quantitative estimate of drug-likeness (QED) is 0.438. The molecule has 0 spiro atoms. The second-order valence-corrected chi connectivity index (χ2v) is 5.78. The number of H-pyrrole nitrogens is 1. The Balaban J connectivity index is 1.41. The molecule has 0 atom stereocenters. The predicted molar refractivity (Wildman–Crippen MR) is 96.9 cm³/mol. The summed E-state index contributed by atoms with van der Waals surface area (Å²) in [5.74, 6) is 0. The Morgan fingerprint density at radius 2 is 2.17 bits per heavy atom. The molecule has 3 rings (SSSR count). The first-order valence-corrected chi connectivity index (χ1v) is 8.17. The summed E-state index contributed by atoms with van der Waals surface area (Å²) in [4.78, 5) is 5.57. The van der Waals surface area contributed by atoms with Gasteiger partial charge in [-0.2, -0.15) is 5.10 Å². The Labute approximate surface area is 140 Å². The summed E-state index contributed by atoms with van der Waals surface area (Å²) < 4.78 is 5.32. The standard InChI is InChI=1S/C16H21N5OS/c23-16(17-5-6-21-7-9-22-10-8-21)20-19-12-13-11-18-15-4-2-1-3-14(13)15/h1-4,11-12,18H,5-10H2,(H2,17,20,23)/b19-12+. The van der Waals surface area contributed by atoms with Crippen molar-refractivity contribution in [3.63, 3.8) is 0 Å². The average molecular weight is 331 g/mol. The molecule has 23 heavy (non-hydrogen) atoms. The van der Waals surface area contributed by atoms with Crippen molar-refractivity contribution in [2.75, 3.05) is 39.4 Å². The van der Waals surface area contributed by atoms with Crippen molar-refractivity contribution in [1.29, 1.82) is 0 Å². The lowest BCUT2D eigenvalue weighted by Gasteiger charge is -2.26. The van der Waals surface area contributed by atoms with E-state index in [2.05, 4.69) is 31.8 Å². The third-order valence-corrected chi connectivity index (χ3v) is 4.04. The van der Waals surface area contributed by atoms with E-state index in [1.54, 1.807) is 6.21 Å². The highest BCUT2D eigenvalue weighted by atomic mass is 32.1. The van der Waals surface area contributed by atoms with E-state index in [4.69, 9.17) is 17.0 Å². The molecule has 1 aliphatic heterocycles. The van der Waals surface area contributed by atoms with Gasteiger partial charge in [0.1, 0.15) is 0 Å². The van der Waals surface area contributed by atoms with Gasteiger partial charge in [0.25, 0.3) is 0 Å². The number of rotatable bonds is 5. The second-order valence-electron chi connectivity index (χ2n) is 5.37. The van der Waals surface area contributed by atoms with Crippen LogP contribution in [-0.2, 0) is 4.74 Å². The molecule has 2 aromatic rings. The molecule has 6 nitrogen and oxygen atoms in total. The van der Waals surface area contributed by atoms with Gasteiger partial charge in [0.05, 0.1) is 19.4 Å². The molecule has 0 unspecified atom stereocenters. The number of nitrogens with zero attached hydrogens (tertiary/aromatic N) is 2. The summed E-state index contributed by atoms with van der Waals surface area (Å²) in [7, 11) is 0. The number of benzene rings is 1. The van der Waals surface area contributed by atoms with Gasteiger partial charge < -0.3 is 15.0 Å². The molecule has 1 aliphatic rings. The lowest BCUT2D eigenvalue weighted by Crippen LogP contribution is -2.42. The SMILES string of the molecule is S=C(NCCN1CCOCC1)N/N=C/c1c[nH]c2ccccc12. The van der Waals surface area contributed by atoms with Crippen molar-refractivity contribution in [2.24, 2.45) is 5.10 Å². The van der Waals surface area contributed by atoms with Gasteiger partial charge in [-0.05, 0) is 18.3 Å². The van der Waals surface area contributed by atoms with Crippen LogP contribution in [0.25, 0.3) is 10.9 Å². The van der Waals surface area contributed by atoms with E-state index in [0.29, 0.717) is 5.11 Å². The minimum atomic E-state index is 0.536. The van der Waals surface area contributed by atoms with Crippen LogP contribution in [0.5, 0.6) is 0 Å². The number of hydrogen-bond donors (Lipinski definition) is 3.